The van der Waals surface area contributed by atoms with Crippen molar-refractivity contribution in [2.45, 2.75) is 23.8 Å². The molecule has 2 rings (SSSR count). The van der Waals surface area contributed by atoms with E-state index >= 15 is 0 Å². The molecule has 7 heteroatoms. The smallest absolute Gasteiger partial charge is 0.320 e. The Morgan fingerprint density at radius 3 is 2.74 bits per heavy atom. The van der Waals surface area contributed by atoms with Gasteiger partial charge < -0.3 is 5.73 Å². The van der Waals surface area contributed by atoms with Gasteiger partial charge in [-0.1, -0.05) is 29.5 Å². The summed E-state index contributed by atoms with van der Waals surface area (Å²) in [5.74, 6) is 0.0258. The monoisotopic (exact) mass is 276 g/mol. The third kappa shape index (κ3) is 3.00. The first-order chi connectivity index (χ1) is 8.97. The van der Waals surface area contributed by atoms with E-state index in [0.29, 0.717) is 0 Å². The molecule has 1 aromatic carbocycles. The van der Waals surface area contributed by atoms with Crippen LogP contribution >= 0.6 is 11.8 Å². The van der Waals surface area contributed by atoms with Crippen molar-refractivity contribution in [3.8, 4) is 0 Å². The Bertz CT molecular complexity index is 646. The average molecular weight is 276 g/mol. The van der Waals surface area contributed by atoms with Crippen LogP contribution in [0.3, 0.4) is 0 Å². The number of nitrogen functional groups attached to an aromatic ring is 1. The van der Waals surface area contributed by atoms with Crippen molar-refractivity contribution in [2.75, 3.05) is 5.73 Å². The van der Waals surface area contributed by atoms with Crippen LogP contribution in [0.15, 0.2) is 34.3 Å². The van der Waals surface area contributed by atoms with Crippen molar-refractivity contribution in [2.24, 2.45) is 0 Å². The Morgan fingerprint density at radius 2 is 2.11 bits per heavy atom. The Morgan fingerprint density at radius 1 is 1.37 bits per heavy atom. The summed E-state index contributed by atoms with van der Waals surface area (Å²) in [4.78, 5) is 18.9. The number of nitrogens with two attached hydrogens (primary N) is 1. The van der Waals surface area contributed by atoms with E-state index in [2.05, 4.69) is 9.97 Å². The van der Waals surface area contributed by atoms with Gasteiger partial charge in [0.15, 0.2) is 5.03 Å². The lowest BCUT2D eigenvalue weighted by atomic mass is 10.2. The summed E-state index contributed by atoms with van der Waals surface area (Å²) < 4.78 is 0. The van der Waals surface area contributed by atoms with Crippen LogP contribution in [0.25, 0.3) is 0 Å². The van der Waals surface area contributed by atoms with Gasteiger partial charge >= 0.3 is 5.69 Å². The lowest BCUT2D eigenvalue weighted by molar-refractivity contribution is -0.388. The highest BCUT2D eigenvalue weighted by atomic mass is 32.2. The summed E-state index contributed by atoms with van der Waals surface area (Å²) >= 11 is 1.22. The third-order valence-electron chi connectivity index (χ3n) is 2.49. The molecule has 0 bridgehead atoms. The maximum absolute atomic E-state index is 10.9. The Hall–Kier alpha value is -2.15. The highest BCUT2D eigenvalue weighted by molar-refractivity contribution is 7.99. The second-order valence-electron chi connectivity index (χ2n) is 4.05. The molecule has 0 aliphatic carbocycles. The Labute approximate surface area is 114 Å². The van der Waals surface area contributed by atoms with Crippen LogP contribution in [0, 0.1) is 24.0 Å². The highest BCUT2D eigenvalue weighted by Crippen LogP contribution is 2.34. The number of aryl methyl sites for hydroxylation is 2. The maximum atomic E-state index is 10.9. The molecule has 98 valence electrons. The van der Waals surface area contributed by atoms with E-state index in [9.17, 15) is 10.1 Å². The van der Waals surface area contributed by atoms with Gasteiger partial charge in [0.1, 0.15) is 6.20 Å². The zero-order chi connectivity index (χ0) is 14.0. The summed E-state index contributed by atoms with van der Waals surface area (Å²) in [7, 11) is 0. The van der Waals surface area contributed by atoms with Crippen LogP contribution in [-0.2, 0) is 0 Å². The average Bonchev–Trinajstić information content (AvgIpc) is 2.32. The number of anilines is 1. The van der Waals surface area contributed by atoms with Crippen molar-refractivity contribution < 1.29 is 4.92 Å². The SMILES string of the molecule is Cc1ccc(Sc2nc(N)ncc2[N+](=O)[O-])c(C)c1. The lowest BCUT2D eigenvalue weighted by Crippen LogP contribution is -2.00. The first-order valence-corrected chi connectivity index (χ1v) is 6.31. The van der Waals surface area contributed by atoms with Crippen LogP contribution in [0.5, 0.6) is 0 Å². The predicted octanol–water partition coefficient (Wildman–Crippen LogP) is 2.74. The first kappa shape index (κ1) is 13.3. The van der Waals surface area contributed by atoms with Gasteiger partial charge in [0.25, 0.3) is 0 Å². The zero-order valence-corrected chi connectivity index (χ0v) is 11.3. The van der Waals surface area contributed by atoms with Gasteiger partial charge in [0.2, 0.25) is 5.95 Å². The molecule has 0 aliphatic rings. The fourth-order valence-electron chi connectivity index (χ4n) is 1.59. The van der Waals surface area contributed by atoms with E-state index in [0.717, 1.165) is 22.2 Å². The van der Waals surface area contributed by atoms with Crippen molar-refractivity contribution in [1.82, 2.24) is 9.97 Å². The molecule has 0 amide bonds. The Balaban J connectivity index is 2.42. The molecule has 2 aromatic rings. The quantitative estimate of drug-likeness (QED) is 0.526. The largest absolute Gasteiger partial charge is 0.368 e. The van der Waals surface area contributed by atoms with Gasteiger partial charge in [-0.25, -0.2) is 4.98 Å². The summed E-state index contributed by atoms with van der Waals surface area (Å²) in [6, 6.07) is 5.88. The second kappa shape index (κ2) is 5.23. The zero-order valence-electron chi connectivity index (χ0n) is 10.5. The molecular weight excluding hydrogens is 264 g/mol. The van der Waals surface area contributed by atoms with Gasteiger partial charge in [-0.3, -0.25) is 10.1 Å². The van der Waals surface area contributed by atoms with Crippen molar-refractivity contribution in [3.63, 3.8) is 0 Å². The van der Waals surface area contributed by atoms with Crippen LogP contribution in [0.4, 0.5) is 11.6 Å². The molecule has 2 N–H and O–H groups in total. The van der Waals surface area contributed by atoms with Crippen LogP contribution < -0.4 is 5.73 Å². The minimum atomic E-state index is -0.509. The molecular formula is C12H12N4O2S. The van der Waals surface area contributed by atoms with E-state index in [-0.39, 0.29) is 16.7 Å². The molecule has 1 heterocycles. The summed E-state index contributed by atoms with van der Waals surface area (Å²) in [6.45, 7) is 3.94. The lowest BCUT2D eigenvalue weighted by Gasteiger charge is -2.06. The van der Waals surface area contributed by atoms with Gasteiger partial charge in [0.05, 0.1) is 4.92 Å². The van der Waals surface area contributed by atoms with E-state index in [4.69, 9.17) is 5.73 Å². The summed E-state index contributed by atoms with van der Waals surface area (Å²) in [5, 5.41) is 11.2. The Kier molecular flexibility index (Phi) is 3.66. The number of nitrogens with zero attached hydrogens (tertiary/aromatic N) is 3. The molecule has 0 atom stereocenters. The van der Waals surface area contributed by atoms with Crippen LogP contribution in [0.1, 0.15) is 11.1 Å². The second-order valence-corrected chi connectivity index (χ2v) is 5.08. The number of nitro groups is 1. The molecule has 0 fully saturated rings. The van der Waals surface area contributed by atoms with Gasteiger partial charge in [0, 0.05) is 4.90 Å². The minimum Gasteiger partial charge on any atom is -0.368 e. The van der Waals surface area contributed by atoms with Crippen LogP contribution in [0.2, 0.25) is 0 Å². The molecule has 0 unspecified atom stereocenters. The number of hydrogen-bond donors (Lipinski definition) is 1. The molecule has 0 radical (unpaired) electrons. The highest BCUT2D eigenvalue weighted by Gasteiger charge is 2.18. The van der Waals surface area contributed by atoms with E-state index in [1.807, 2.05) is 32.0 Å². The van der Waals surface area contributed by atoms with Crippen molar-refractivity contribution >= 4 is 23.4 Å². The predicted molar refractivity (Wildman–Crippen MR) is 73.1 cm³/mol. The molecule has 6 nitrogen and oxygen atoms in total. The molecule has 19 heavy (non-hydrogen) atoms. The van der Waals surface area contributed by atoms with Crippen molar-refractivity contribution in [3.05, 3.63) is 45.6 Å². The minimum absolute atomic E-state index is 0.0258. The number of aromatic nitrogens is 2. The molecule has 0 saturated heterocycles. The maximum Gasteiger partial charge on any atom is 0.320 e. The normalized spacial score (nSPS) is 10.4. The molecule has 0 aliphatic heterocycles. The van der Waals surface area contributed by atoms with E-state index in [1.54, 1.807) is 0 Å². The molecule has 0 spiro atoms. The summed E-state index contributed by atoms with van der Waals surface area (Å²) in [5.41, 5.74) is 7.52. The topological polar surface area (TPSA) is 94.9 Å². The fraction of sp³-hybridized carbons (Fsp3) is 0.167. The summed E-state index contributed by atoms with van der Waals surface area (Å²) in [6.07, 6.45) is 1.13. The fourth-order valence-corrected chi connectivity index (χ4v) is 2.53. The van der Waals surface area contributed by atoms with Gasteiger partial charge in [-0.05, 0) is 25.5 Å². The first-order valence-electron chi connectivity index (χ1n) is 5.49. The number of rotatable bonds is 3. The molecule has 1 aromatic heterocycles. The van der Waals surface area contributed by atoms with Gasteiger partial charge in [-0.2, -0.15) is 4.98 Å². The van der Waals surface area contributed by atoms with Crippen LogP contribution in [-0.4, -0.2) is 14.9 Å². The van der Waals surface area contributed by atoms with E-state index in [1.165, 1.54) is 11.8 Å². The van der Waals surface area contributed by atoms with Gasteiger partial charge in [-0.15, -0.1) is 0 Å². The third-order valence-corrected chi connectivity index (χ3v) is 3.66. The van der Waals surface area contributed by atoms with E-state index < -0.39 is 4.92 Å². The number of hydrogen-bond acceptors (Lipinski definition) is 6. The number of benzene rings is 1. The van der Waals surface area contributed by atoms with Crippen molar-refractivity contribution in [1.29, 1.82) is 0 Å². The standard InChI is InChI=1S/C12H12N4O2S/c1-7-3-4-10(8(2)5-7)19-11-9(16(17)18)6-14-12(13)15-11/h3-6H,1-2H3,(H2,13,14,15). The molecule has 0 saturated carbocycles.